The summed E-state index contributed by atoms with van der Waals surface area (Å²) in [5, 5.41) is 10.2. The molecule has 130 valence electrons. The average molecular weight is 343 g/mol. The molecule has 2 rings (SSSR count). The summed E-state index contributed by atoms with van der Waals surface area (Å²) in [6.45, 7) is 7.37. The quantitative estimate of drug-likeness (QED) is 0.561. The lowest BCUT2D eigenvalue weighted by atomic mass is 10.3. The molecular formula is C15H26N3O4P. The Hall–Kier alpha value is -1.40. The van der Waals surface area contributed by atoms with Gasteiger partial charge in [0.15, 0.2) is 0 Å². The first kappa shape index (κ1) is 21.6. The van der Waals surface area contributed by atoms with Crippen LogP contribution in [0.4, 0.5) is 0 Å². The second-order valence-corrected chi connectivity index (χ2v) is 5.43. The lowest BCUT2D eigenvalue weighted by molar-refractivity contribution is -0.0979. The summed E-state index contributed by atoms with van der Waals surface area (Å²) in [6, 6.07) is 7.74. The van der Waals surface area contributed by atoms with Crippen molar-refractivity contribution in [3.05, 3.63) is 24.3 Å². The van der Waals surface area contributed by atoms with Crippen LogP contribution in [0.15, 0.2) is 24.3 Å². The summed E-state index contributed by atoms with van der Waals surface area (Å²) in [5.74, 6) is 0. The highest BCUT2D eigenvalue weighted by molar-refractivity contribution is 7.40. The van der Waals surface area contributed by atoms with Crippen molar-refractivity contribution < 1.29 is 18.7 Å². The molecule has 0 amide bonds. The van der Waals surface area contributed by atoms with Gasteiger partial charge in [-0.2, -0.15) is 0 Å². The molecule has 0 unspecified atom stereocenters. The van der Waals surface area contributed by atoms with Crippen LogP contribution in [0.5, 0.6) is 0 Å². The average Bonchev–Trinajstić information content (AvgIpc) is 3.06. The zero-order valence-electron chi connectivity index (χ0n) is 13.8. The van der Waals surface area contributed by atoms with Crippen molar-refractivity contribution in [2.75, 3.05) is 13.2 Å². The molecule has 23 heavy (non-hydrogen) atoms. The van der Waals surface area contributed by atoms with Crippen LogP contribution < -0.4 is 0 Å². The van der Waals surface area contributed by atoms with E-state index in [4.69, 9.17) is 18.7 Å². The van der Waals surface area contributed by atoms with Crippen LogP contribution in [0.1, 0.15) is 39.5 Å². The first-order valence-electron chi connectivity index (χ1n) is 7.57. The van der Waals surface area contributed by atoms with Crippen molar-refractivity contribution in [3.8, 4) is 0 Å². The fourth-order valence-corrected chi connectivity index (χ4v) is 2.04. The molecule has 0 aliphatic carbocycles. The number of nitrogens with zero attached hydrogens (tertiary/aromatic N) is 2. The number of hydrogen-bond donors (Lipinski definition) is 2. The second-order valence-electron chi connectivity index (χ2n) is 4.44. The number of nitrogens with one attached hydrogen (secondary N) is 1. The number of hydrogen-bond acceptors (Lipinski definition) is 6. The molecule has 0 spiro atoms. The van der Waals surface area contributed by atoms with E-state index in [-0.39, 0.29) is 0 Å². The molecule has 0 radical (unpaired) electrons. The number of rotatable bonds is 8. The molecule has 8 heteroatoms. The molecule has 0 saturated carbocycles. The third kappa shape index (κ3) is 10.9. The van der Waals surface area contributed by atoms with Gasteiger partial charge in [-0.15, -0.1) is 5.10 Å². The summed E-state index contributed by atoms with van der Waals surface area (Å²) in [5.41, 5.74) is 1.90. The van der Waals surface area contributed by atoms with E-state index >= 15 is 0 Å². The Kier molecular flexibility index (Phi) is 14.6. The van der Waals surface area contributed by atoms with E-state index in [1.807, 2.05) is 31.1 Å². The highest BCUT2D eigenvalue weighted by atomic mass is 31.2. The van der Waals surface area contributed by atoms with Crippen molar-refractivity contribution in [3.63, 3.8) is 0 Å². The van der Waals surface area contributed by atoms with Crippen LogP contribution in [-0.4, -0.2) is 40.3 Å². The Morgan fingerprint density at radius 2 is 1.70 bits per heavy atom. The van der Waals surface area contributed by atoms with Gasteiger partial charge in [0, 0.05) is 0 Å². The third-order valence-electron chi connectivity index (χ3n) is 2.63. The van der Waals surface area contributed by atoms with Gasteiger partial charge in [-0.3, -0.25) is 5.10 Å². The van der Waals surface area contributed by atoms with Gasteiger partial charge in [0.2, 0.25) is 0 Å². The van der Waals surface area contributed by atoms with Gasteiger partial charge in [-0.1, -0.05) is 44.0 Å². The van der Waals surface area contributed by atoms with Crippen LogP contribution in [0.25, 0.3) is 11.0 Å². The minimum Gasteiger partial charge on any atom is -0.328 e. The van der Waals surface area contributed by atoms with Gasteiger partial charge in [0.05, 0.1) is 18.7 Å². The first-order chi connectivity index (χ1) is 11.3. The topological polar surface area (TPSA) is 97.3 Å². The monoisotopic (exact) mass is 343 g/mol. The molecule has 0 bridgehead atoms. The van der Waals surface area contributed by atoms with Gasteiger partial charge in [0.1, 0.15) is 12.3 Å². The largest absolute Gasteiger partial charge is 0.329 e. The molecule has 1 aromatic carbocycles. The SMILES string of the molecule is C=O.CCCCOP(O)OCCCC.c1ccc2[nH]nnc2c1. The van der Waals surface area contributed by atoms with Crippen LogP contribution in [0, 0.1) is 0 Å². The van der Waals surface area contributed by atoms with E-state index in [0.717, 1.165) is 36.7 Å². The Labute approximate surface area is 138 Å². The Morgan fingerprint density at radius 1 is 1.13 bits per heavy atom. The summed E-state index contributed by atoms with van der Waals surface area (Å²) in [7, 11) is -1.60. The standard InChI is InChI=1S/C8H19O3P.C6H5N3.CH2O/c1-3-5-7-10-12(9)11-8-6-4-2;1-2-4-6-5(3-1)7-9-8-6;1-2/h9H,3-8H2,1-2H3;1-4H,(H,7,8,9);1H2. The van der Waals surface area contributed by atoms with Gasteiger partial charge in [-0.05, 0) is 25.0 Å². The van der Waals surface area contributed by atoms with Crippen LogP contribution in [0.2, 0.25) is 0 Å². The highest BCUT2D eigenvalue weighted by Crippen LogP contribution is 2.32. The molecule has 0 aliphatic heterocycles. The number of H-pyrrole nitrogens is 1. The molecule has 0 saturated heterocycles. The molecule has 1 heterocycles. The fraction of sp³-hybridized carbons (Fsp3) is 0.533. The third-order valence-corrected chi connectivity index (χ3v) is 3.44. The minimum atomic E-state index is -1.60. The predicted molar refractivity (Wildman–Crippen MR) is 91.9 cm³/mol. The number of aromatic amines is 1. The van der Waals surface area contributed by atoms with Crippen molar-refractivity contribution in [1.82, 2.24) is 15.4 Å². The predicted octanol–water partition coefficient (Wildman–Crippen LogP) is 3.61. The number of fused-ring (bicyclic) bond motifs is 1. The molecule has 0 fully saturated rings. The maximum absolute atomic E-state index is 9.12. The number of aromatic nitrogens is 3. The zero-order valence-corrected chi connectivity index (χ0v) is 14.7. The van der Waals surface area contributed by atoms with Gasteiger partial charge < -0.3 is 18.7 Å². The van der Waals surface area contributed by atoms with Gasteiger partial charge >= 0.3 is 8.60 Å². The minimum absolute atomic E-state index is 0.602. The molecule has 2 N–H and O–H groups in total. The lowest BCUT2D eigenvalue weighted by Gasteiger charge is -2.09. The normalized spacial score (nSPS) is 9.91. The van der Waals surface area contributed by atoms with Crippen LogP contribution in [-0.2, 0) is 13.8 Å². The molecule has 1 aromatic heterocycles. The van der Waals surface area contributed by atoms with E-state index in [9.17, 15) is 0 Å². The van der Waals surface area contributed by atoms with Crippen molar-refractivity contribution in [2.24, 2.45) is 0 Å². The Balaban J connectivity index is 0.000000388. The Bertz CT molecular complexity index is 458. The van der Waals surface area contributed by atoms with Crippen molar-refractivity contribution in [2.45, 2.75) is 39.5 Å². The summed E-state index contributed by atoms with van der Waals surface area (Å²) < 4.78 is 10.1. The Morgan fingerprint density at radius 3 is 2.22 bits per heavy atom. The molecular weight excluding hydrogens is 317 g/mol. The zero-order chi connectivity index (χ0) is 17.3. The molecule has 2 aromatic rings. The van der Waals surface area contributed by atoms with Crippen LogP contribution in [0.3, 0.4) is 0 Å². The number of unbranched alkanes of at least 4 members (excludes halogenated alkanes) is 2. The van der Waals surface area contributed by atoms with E-state index in [0.29, 0.717) is 13.2 Å². The number of carbonyl (C=O) groups excluding carboxylic acids is 1. The van der Waals surface area contributed by atoms with Crippen molar-refractivity contribution >= 4 is 26.4 Å². The smallest absolute Gasteiger partial charge is 0.328 e. The number of benzene rings is 1. The maximum atomic E-state index is 9.12. The van der Waals surface area contributed by atoms with E-state index in [1.54, 1.807) is 0 Å². The maximum Gasteiger partial charge on any atom is 0.329 e. The van der Waals surface area contributed by atoms with Gasteiger partial charge in [-0.25, -0.2) is 0 Å². The van der Waals surface area contributed by atoms with E-state index in [1.165, 1.54) is 0 Å². The first-order valence-corrected chi connectivity index (χ1v) is 8.70. The van der Waals surface area contributed by atoms with E-state index in [2.05, 4.69) is 29.3 Å². The second kappa shape index (κ2) is 15.5. The summed E-state index contributed by atoms with van der Waals surface area (Å²) in [4.78, 5) is 17.1. The van der Waals surface area contributed by atoms with E-state index < -0.39 is 8.60 Å². The molecule has 7 nitrogen and oxygen atoms in total. The number of carbonyl (C=O) groups is 1. The lowest BCUT2D eigenvalue weighted by Crippen LogP contribution is -1.94. The highest BCUT2D eigenvalue weighted by Gasteiger charge is 2.04. The molecule has 0 aliphatic rings. The summed E-state index contributed by atoms with van der Waals surface area (Å²) >= 11 is 0. The van der Waals surface area contributed by atoms with Crippen molar-refractivity contribution in [1.29, 1.82) is 0 Å². The number of para-hydroxylation sites is 1. The van der Waals surface area contributed by atoms with Gasteiger partial charge in [0.25, 0.3) is 0 Å². The summed E-state index contributed by atoms with van der Waals surface area (Å²) in [6.07, 6.45) is 4.13. The van der Waals surface area contributed by atoms with Crippen LogP contribution >= 0.6 is 8.60 Å². The molecule has 0 atom stereocenters. The fourth-order valence-electron chi connectivity index (χ4n) is 1.40.